The van der Waals surface area contributed by atoms with Crippen LogP contribution in [-0.4, -0.2) is 75.2 Å². The van der Waals surface area contributed by atoms with Crippen LogP contribution in [0.3, 0.4) is 0 Å². The highest BCUT2D eigenvalue weighted by Gasteiger charge is 2.43. The second-order valence-electron chi connectivity index (χ2n) is 11.7. The normalized spacial score (nSPS) is 20.6. The van der Waals surface area contributed by atoms with Crippen molar-refractivity contribution in [2.75, 3.05) is 36.9 Å². The van der Waals surface area contributed by atoms with Crippen molar-refractivity contribution in [3.05, 3.63) is 83.0 Å². The fourth-order valence-corrected chi connectivity index (χ4v) is 6.37. The van der Waals surface area contributed by atoms with Crippen LogP contribution in [0.2, 0.25) is 5.02 Å². The van der Waals surface area contributed by atoms with E-state index in [-0.39, 0.29) is 11.9 Å². The Labute approximate surface area is 255 Å². The van der Waals surface area contributed by atoms with Gasteiger partial charge in [0.15, 0.2) is 5.65 Å². The van der Waals surface area contributed by atoms with Crippen molar-refractivity contribution in [1.82, 2.24) is 24.8 Å². The zero-order valence-corrected chi connectivity index (χ0v) is 25.1. The minimum absolute atomic E-state index is 0.0617. The van der Waals surface area contributed by atoms with E-state index >= 15 is 0 Å². The molecular weight excluding hydrogens is 566 g/mol. The third kappa shape index (κ3) is 5.89. The lowest BCUT2D eigenvalue weighted by Crippen LogP contribution is -2.47. The van der Waals surface area contributed by atoms with Gasteiger partial charge in [0.25, 0.3) is 5.91 Å². The number of nitrogens with zero attached hydrogens (tertiary/aromatic N) is 5. The minimum Gasteiger partial charge on any atom is -0.481 e. The average Bonchev–Trinajstić information content (AvgIpc) is 3.42. The van der Waals surface area contributed by atoms with Crippen LogP contribution in [0.25, 0.3) is 5.65 Å². The number of amides is 1. The predicted molar refractivity (Wildman–Crippen MR) is 168 cm³/mol. The molecule has 4 aromatic rings. The first kappa shape index (κ1) is 28.9. The molecule has 0 aliphatic carbocycles. The van der Waals surface area contributed by atoms with Gasteiger partial charge in [0, 0.05) is 54.2 Å². The predicted octanol–water partition coefficient (Wildman–Crippen LogP) is 4.96. The summed E-state index contributed by atoms with van der Waals surface area (Å²) in [6, 6.07) is 19.0. The van der Waals surface area contributed by atoms with Crippen molar-refractivity contribution in [3.63, 3.8) is 0 Å². The number of benzene rings is 2. The number of aromatic nitrogens is 3. The molecule has 2 unspecified atom stereocenters. The Hall–Kier alpha value is -4.15. The van der Waals surface area contributed by atoms with Crippen LogP contribution in [0, 0.1) is 0 Å². The van der Waals surface area contributed by atoms with E-state index in [0.717, 1.165) is 36.3 Å². The molecule has 2 aromatic heterocycles. The van der Waals surface area contributed by atoms with Gasteiger partial charge in [0.1, 0.15) is 0 Å². The number of aliphatic carboxylic acids is 1. The first-order valence-corrected chi connectivity index (χ1v) is 15.1. The molecule has 0 bridgehead atoms. The standard InChI is InChI=1S/C32H36ClN7O3/c1-21-20-26(13-17-38(21)2)34-29(41)22-5-11-25(12-6-22)35-31-36-28-27(4-3-16-40(28)37-31)39-18-14-32(15-19-39,30(42)43)23-7-9-24(33)10-8-23/h3-12,16,21,26H,13-15,17-20H2,1-2H3,(H,34,41)(H,35,37)(H,42,43). The highest BCUT2D eigenvalue weighted by Crippen LogP contribution is 2.38. The monoisotopic (exact) mass is 601 g/mol. The molecule has 0 spiro atoms. The molecular formula is C32H36ClN7O3. The van der Waals surface area contributed by atoms with Crippen LogP contribution < -0.4 is 15.5 Å². The Kier molecular flexibility index (Phi) is 7.98. The summed E-state index contributed by atoms with van der Waals surface area (Å²) in [5.41, 5.74) is 2.78. The number of fused-ring (bicyclic) bond motifs is 1. The molecule has 2 aliphatic rings. The molecule has 4 heterocycles. The van der Waals surface area contributed by atoms with Crippen molar-refractivity contribution in [2.24, 2.45) is 0 Å². The molecule has 6 rings (SSSR count). The molecule has 2 atom stereocenters. The molecule has 2 fully saturated rings. The van der Waals surface area contributed by atoms with Gasteiger partial charge in [0.2, 0.25) is 5.95 Å². The number of anilines is 3. The van der Waals surface area contributed by atoms with Gasteiger partial charge in [-0.3, -0.25) is 9.59 Å². The third-order valence-corrected chi connectivity index (χ3v) is 9.30. The Morgan fingerprint density at radius 1 is 1.02 bits per heavy atom. The van der Waals surface area contributed by atoms with Crippen molar-refractivity contribution in [3.8, 4) is 0 Å². The lowest BCUT2D eigenvalue weighted by Gasteiger charge is -2.40. The summed E-state index contributed by atoms with van der Waals surface area (Å²) in [5.74, 6) is -0.446. The largest absolute Gasteiger partial charge is 0.481 e. The summed E-state index contributed by atoms with van der Waals surface area (Å²) in [4.78, 5) is 34.5. The summed E-state index contributed by atoms with van der Waals surface area (Å²) in [5, 5.41) is 21.8. The molecule has 0 radical (unpaired) electrons. The van der Waals surface area contributed by atoms with Gasteiger partial charge in [-0.15, -0.1) is 5.10 Å². The minimum atomic E-state index is -0.957. The van der Waals surface area contributed by atoms with E-state index in [1.165, 1.54) is 0 Å². The highest BCUT2D eigenvalue weighted by molar-refractivity contribution is 6.30. The molecule has 10 nitrogen and oxygen atoms in total. The number of carbonyl (C=O) groups excluding carboxylic acids is 1. The highest BCUT2D eigenvalue weighted by atomic mass is 35.5. The first-order chi connectivity index (χ1) is 20.7. The fourth-order valence-electron chi connectivity index (χ4n) is 6.24. The molecule has 2 saturated heterocycles. The maximum absolute atomic E-state index is 12.8. The zero-order valence-electron chi connectivity index (χ0n) is 24.3. The van der Waals surface area contributed by atoms with E-state index in [9.17, 15) is 14.7 Å². The molecule has 2 aliphatic heterocycles. The maximum atomic E-state index is 12.8. The van der Waals surface area contributed by atoms with Gasteiger partial charge in [-0.1, -0.05) is 23.7 Å². The Bertz CT molecular complexity index is 1610. The number of carboxylic acids is 1. The number of carbonyl (C=O) groups is 2. The van der Waals surface area contributed by atoms with E-state index < -0.39 is 11.4 Å². The average molecular weight is 602 g/mol. The van der Waals surface area contributed by atoms with E-state index in [1.807, 2.05) is 42.6 Å². The van der Waals surface area contributed by atoms with Gasteiger partial charge >= 0.3 is 5.97 Å². The number of halogens is 1. The van der Waals surface area contributed by atoms with E-state index in [2.05, 4.69) is 39.5 Å². The van der Waals surface area contributed by atoms with E-state index in [1.54, 1.807) is 28.8 Å². The fraction of sp³-hybridized carbons (Fsp3) is 0.375. The van der Waals surface area contributed by atoms with Gasteiger partial charge in [-0.05, 0) is 93.7 Å². The van der Waals surface area contributed by atoms with Crippen molar-refractivity contribution in [2.45, 2.75) is 50.1 Å². The molecule has 3 N–H and O–H groups in total. The number of hydrogen-bond donors (Lipinski definition) is 3. The Morgan fingerprint density at radius 3 is 2.42 bits per heavy atom. The van der Waals surface area contributed by atoms with E-state index in [4.69, 9.17) is 16.6 Å². The Morgan fingerprint density at radius 2 is 1.74 bits per heavy atom. The second kappa shape index (κ2) is 11.9. The van der Waals surface area contributed by atoms with E-state index in [0.29, 0.717) is 54.2 Å². The van der Waals surface area contributed by atoms with Crippen molar-refractivity contribution in [1.29, 1.82) is 0 Å². The number of piperidine rings is 2. The van der Waals surface area contributed by atoms with Crippen LogP contribution in [0.1, 0.15) is 48.5 Å². The third-order valence-electron chi connectivity index (χ3n) is 9.05. The van der Waals surface area contributed by atoms with Crippen molar-refractivity contribution >= 4 is 46.4 Å². The topological polar surface area (TPSA) is 115 Å². The second-order valence-corrected chi connectivity index (χ2v) is 12.1. The summed E-state index contributed by atoms with van der Waals surface area (Å²) in [6.45, 7) is 4.29. The van der Waals surface area contributed by atoms with Gasteiger partial charge < -0.3 is 25.5 Å². The number of carboxylic acid groups (broad SMARTS) is 1. The SMILES string of the molecule is CC1CC(NC(=O)c2ccc(Nc3nc4c(N5CCC(C(=O)O)(c6ccc(Cl)cc6)CC5)cccn4n3)cc2)CCN1C. The molecule has 224 valence electrons. The molecule has 1 amide bonds. The molecule has 0 saturated carbocycles. The summed E-state index contributed by atoms with van der Waals surface area (Å²) in [7, 11) is 2.12. The quantitative estimate of drug-likeness (QED) is 0.272. The smallest absolute Gasteiger partial charge is 0.314 e. The Balaban J connectivity index is 1.13. The summed E-state index contributed by atoms with van der Waals surface area (Å²) < 4.78 is 1.72. The molecule has 43 heavy (non-hydrogen) atoms. The lowest BCUT2D eigenvalue weighted by atomic mass is 9.73. The summed E-state index contributed by atoms with van der Waals surface area (Å²) >= 11 is 6.05. The zero-order chi connectivity index (χ0) is 30.1. The number of likely N-dealkylation sites (tertiary alicyclic amines) is 1. The molecule has 2 aromatic carbocycles. The van der Waals surface area contributed by atoms with Gasteiger partial charge in [-0.25, -0.2) is 4.52 Å². The van der Waals surface area contributed by atoms with Crippen LogP contribution >= 0.6 is 11.6 Å². The number of nitrogens with one attached hydrogen (secondary N) is 2. The number of pyridine rings is 1. The summed E-state index contributed by atoms with van der Waals surface area (Å²) in [6.07, 6.45) is 4.66. The van der Waals surface area contributed by atoms with Crippen LogP contribution in [0.4, 0.5) is 17.3 Å². The van der Waals surface area contributed by atoms with Gasteiger partial charge in [-0.2, -0.15) is 4.98 Å². The van der Waals surface area contributed by atoms with Crippen molar-refractivity contribution < 1.29 is 14.7 Å². The first-order valence-electron chi connectivity index (χ1n) is 14.7. The van der Waals surface area contributed by atoms with Crippen LogP contribution in [-0.2, 0) is 10.2 Å². The van der Waals surface area contributed by atoms with Crippen LogP contribution in [0.5, 0.6) is 0 Å². The lowest BCUT2D eigenvalue weighted by molar-refractivity contribution is -0.144. The maximum Gasteiger partial charge on any atom is 0.314 e. The number of rotatable bonds is 7. The molecule has 11 heteroatoms. The number of hydrogen-bond acceptors (Lipinski definition) is 7. The van der Waals surface area contributed by atoms with Crippen LogP contribution in [0.15, 0.2) is 66.9 Å². The van der Waals surface area contributed by atoms with Gasteiger partial charge in [0.05, 0.1) is 11.1 Å².